The molecule has 4 nitrogen and oxygen atoms in total. The molecule has 0 radical (unpaired) electrons. The van der Waals surface area contributed by atoms with E-state index in [2.05, 4.69) is 5.32 Å². The van der Waals surface area contributed by atoms with E-state index in [1.165, 1.54) is 17.0 Å². The zero-order valence-corrected chi connectivity index (χ0v) is 18.4. The summed E-state index contributed by atoms with van der Waals surface area (Å²) >= 11 is 0. The molecular formula is C27H25FN2O2. The van der Waals surface area contributed by atoms with Gasteiger partial charge in [0.1, 0.15) is 11.5 Å². The Bertz CT molecular complexity index is 1210. The summed E-state index contributed by atoms with van der Waals surface area (Å²) in [6.45, 7) is 6.15. The molecule has 0 fully saturated rings. The van der Waals surface area contributed by atoms with Gasteiger partial charge in [-0.3, -0.25) is 14.5 Å². The quantitative estimate of drug-likeness (QED) is 0.550. The normalized spacial score (nSPS) is 13.8. The number of aryl methyl sites for hydroxylation is 3. The molecule has 4 rings (SSSR count). The minimum absolute atomic E-state index is 0.219. The molecule has 2 amide bonds. The zero-order valence-electron chi connectivity index (χ0n) is 18.4. The van der Waals surface area contributed by atoms with Gasteiger partial charge in [0.25, 0.3) is 11.8 Å². The molecule has 0 saturated heterocycles. The lowest BCUT2D eigenvalue weighted by atomic mass is 9.97. The van der Waals surface area contributed by atoms with Gasteiger partial charge in [-0.15, -0.1) is 0 Å². The van der Waals surface area contributed by atoms with Gasteiger partial charge in [0.2, 0.25) is 0 Å². The second-order valence-electron chi connectivity index (χ2n) is 8.20. The highest BCUT2D eigenvalue weighted by Crippen LogP contribution is 2.32. The van der Waals surface area contributed by atoms with E-state index in [0.717, 1.165) is 33.5 Å². The predicted molar refractivity (Wildman–Crippen MR) is 124 cm³/mol. The van der Waals surface area contributed by atoms with Gasteiger partial charge in [0.05, 0.1) is 5.57 Å². The predicted octanol–water partition coefficient (Wildman–Crippen LogP) is 5.19. The first-order valence-corrected chi connectivity index (χ1v) is 10.6. The number of nitrogens with one attached hydrogen (secondary N) is 1. The summed E-state index contributed by atoms with van der Waals surface area (Å²) in [4.78, 5) is 28.1. The number of imide groups is 1. The van der Waals surface area contributed by atoms with Crippen molar-refractivity contribution in [3.63, 3.8) is 0 Å². The maximum atomic E-state index is 13.4. The van der Waals surface area contributed by atoms with Gasteiger partial charge in [0, 0.05) is 12.2 Å². The van der Waals surface area contributed by atoms with Gasteiger partial charge >= 0.3 is 0 Å². The van der Waals surface area contributed by atoms with Crippen molar-refractivity contribution in [2.75, 3.05) is 11.9 Å². The Kier molecular flexibility index (Phi) is 5.91. The molecule has 1 N–H and O–H groups in total. The third kappa shape index (κ3) is 4.33. The van der Waals surface area contributed by atoms with Crippen molar-refractivity contribution in [2.24, 2.45) is 0 Å². The van der Waals surface area contributed by atoms with Gasteiger partial charge in [0.15, 0.2) is 0 Å². The van der Waals surface area contributed by atoms with E-state index >= 15 is 0 Å². The van der Waals surface area contributed by atoms with E-state index in [0.29, 0.717) is 12.0 Å². The van der Waals surface area contributed by atoms with Crippen LogP contribution in [0.3, 0.4) is 0 Å². The Morgan fingerprint density at radius 2 is 1.47 bits per heavy atom. The summed E-state index contributed by atoms with van der Waals surface area (Å²) < 4.78 is 13.2. The summed E-state index contributed by atoms with van der Waals surface area (Å²) in [5.74, 6) is -0.989. The fraction of sp³-hybridized carbons (Fsp3) is 0.185. The van der Waals surface area contributed by atoms with Crippen LogP contribution in [0.4, 0.5) is 10.1 Å². The molecule has 0 atom stereocenters. The smallest absolute Gasteiger partial charge is 0.278 e. The minimum atomic E-state index is -0.354. The largest absolute Gasteiger partial charge is 0.350 e. The molecule has 0 aliphatic carbocycles. The Hall–Kier alpha value is -3.73. The van der Waals surface area contributed by atoms with E-state index in [1.807, 2.05) is 63.2 Å². The second kappa shape index (κ2) is 8.79. The van der Waals surface area contributed by atoms with Crippen molar-refractivity contribution in [1.82, 2.24) is 4.90 Å². The number of carbonyl (C=O) groups is 2. The van der Waals surface area contributed by atoms with Crippen LogP contribution >= 0.6 is 0 Å². The van der Waals surface area contributed by atoms with Crippen molar-refractivity contribution in [2.45, 2.75) is 27.2 Å². The number of hydrogen-bond donors (Lipinski definition) is 1. The van der Waals surface area contributed by atoms with Crippen molar-refractivity contribution >= 4 is 23.1 Å². The Labute approximate surface area is 187 Å². The molecule has 1 heterocycles. The standard InChI is InChI=1S/C27H25FN2O2/c1-17-4-11-22(12-5-17)29-25-24(23-13-6-18(2)16-19(23)3)26(31)30(27(25)32)15-14-20-7-9-21(28)10-8-20/h4-13,16,29H,14-15H2,1-3H3. The second-order valence-corrected chi connectivity index (χ2v) is 8.20. The number of amides is 2. The average Bonchev–Trinajstić information content (AvgIpc) is 2.99. The molecule has 0 unspecified atom stereocenters. The Balaban J connectivity index is 1.68. The van der Waals surface area contributed by atoms with Crippen LogP contribution in [-0.2, 0) is 16.0 Å². The number of benzene rings is 3. The number of rotatable bonds is 6. The third-order valence-corrected chi connectivity index (χ3v) is 5.68. The number of nitrogens with zero attached hydrogens (tertiary/aromatic N) is 1. The number of hydrogen-bond acceptors (Lipinski definition) is 3. The first-order chi connectivity index (χ1) is 15.3. The maximum Gasteiger partial charge on any atom is 0.278 e. The lowest BCUT2D eigenvalue weighted by Crippen LogP contribution is -2.34. The summed E-state index contributed by atoms with van der Waals surface area (Å²) in [6, 6.07) is 19.6. The van der Waals surface area contributed by atoms with Crippen molar-refractivity contribution in [3.8, 4) is 0 Å². The van der Waals surface area contributed by atoms with Gasteiger partial charge in [-0.2, -0.15) is 0 Å². The van der Waals surface area contributed by atoms with Crippen LogP contribution in [0.1, 0.15) is 27.8 Å². The highest BCUT2D eigenvalue weighted by atomic mass is 19.1. The van der Waals surface area contributed by atoms with Gasteiger partial charge < -0.3 is 5.32 Å². The first-order valence-electron chi connectivity index (χ1n) is 10.6. The molecule has 32 heavy (non-hydrogen) atoms. The van der Waals surface area contributed by atoms with E-state index in [-0.39, 0.29) is 29.9 Å². The van der Waals surface area contributed by atoms with Crippen molar-refractivity contribution in [3.05, 3.63) is 106 Å². The summed E-state index contributed by atoms with van der Waals surface area (Å²) in [5.41, 5.74) is 6.14. The third-order valence-electron chi connectivity index (χ3n) is 5.68. The van der Waals surface area contributed by atoms with Gasteiger partial charge in [-0.25, -0.2) is 4.39 Å². The SMILES string of the molecule is Cc1ccc(NC2=C(c3ccc(C)cc3C)C(=O)N(CCc3ccc(F)cc3)C2=O)cc1. The number of halogens is 1. The molecule has 3 aromatic rings. The summed E-state index contributed by atoms with van der Waals surface area (Å²) in [7, 11) is 0. The number of carbonyl (C=O) groups excluding carboxylic acids is 2. The van der Waals surface area contributed by atoms with Crippen LogP contribution in [0.15, 0.2) is 72.4 Å². The molecule has 5 heteroatoms. The molecule has 0 saturated carbocycles. The summed E-state index contributed by atoms with van der Waals surface area (Å²) in [5, 5.41) is 3.19. The summed E-state index contributed by atoms with van der Waals surface area (Å²) in [6.07, 6.45) is 0.454. The molecule has 162 valence electrons. The van der Waals surface area contributed by atoms with Gasteiger partial charge in [-0.1, -0.05) is 53.6 Å². The first kappa shape index (κ1) is 21.5. The van der Waals surface area contributed by atoms with Crippen LogP contribution in [0.5, 0.6) is 0 Å². The van der Waals surface area contributed by atoms with Crippen molar-refractivity contribution in [1.29, 1.82) is 0 Å². The van der Waals surface area contributed by atoms with E-state index in [1.54, 1.807) is 12.1 Å². The van der Waals surface area contributed by atoms with Crippen LogP contribution in [0.25, 0.3) is 5.57 Å². The molecule has 1 aliphatic rings. The average molecular weight is 429 g/mol. The van der Waals surface area contributed by atoms with E-state index in [9.17, 15) is 14.0 Å². The monoisotopic (exact) mass is 428 g/mol. The van der Waals surface area contributed by atoms with Crippen LogP contribution < -0.4 is 5.32 Å². The highest BCUT2D eigenvalue weighted by molar-refractivity contribution is 6.36. The molecule has 0 bridgehead atoms. The van der Waals surface area contributed by atoms with E-state index in [4.69, 9.17) is 0 Å². The number of anilines is 1. The van der Waals surface area contributed by atoms with E-state index < -0.39 is 0 Å². The van der Waals surface area contributed by atoms with Crippen LogP contribution in [-0.4, -0.2) is 23.3 Å². The molecule has 0 aromatic heterocycles. The maximum absolute atomic E-state index is 13.4. The van der Waals surface area contributed by atoms with Crippen molar-refractivity contribution < 1.29 is 14.0 Å². The molecule has 3 aromatic carbocycles. The zero-order chi connectivity index (χ0) is 22.8. The molecular weight excluding hydrogens is 403 g/mol. The molecule has 1 aliphatic heterocycles. The van der Waals surface area contributed by atoms with Gasteiger partial charge in [-0.05, 0) is 68.1 Å². The lowest BCUT2D eigenvalue weighted by molar-refractivity contribution is -0.136. The van der Waals surface area contributed by atoms with Crippen LogP contribution in [0.2, 0.25) is 0 Å². The minimum Gasteiger partial charge on any atom is -0.350 e. The fourth-order valence-corrected chi connectivity index (χ4v) is 3.91. The Morgan fingerprint density at radius 3 is 2.12 bits per heavy atom. The molecule has 0 spiro atoms. The highest BCUT2D eigenvalue weighted by Gasteiger charge is 2.39. The topological polar surface area (TPSA) is 49.4 Å². The fourth-order valence-electron chi connectivity index (χ4n) is 3.91. The van der Waals surface area contributed by atoms with Crippen LogP contribution in [0, 0.1) is 26.6 Å². The Morgan fingerprint density at radius 1 is 0.812 bits per heavy atom. The lowest BCUT2D eigenvalue weighted by Gasteiger charge is -2.15.